The number of aliphatic hydroxyl groups is 1. The van der Waals surface area contributed by atoms with E-state index in [1.165, 1.54) is 0 Å². The highest BCUT2D eigenvalue weighted by molar-refractivity contribution is 9.10. The molecule has 3 aromatic rings. The number of nitrogens with one attached hydrogen (secondary N) is 2. The molecule has 7 nitrogen and oxygen atoms in total. The number of hydrogen-bond acceptors (Lipinski definition) is 6. The van der Waals surface area contributed by atoms with Gasteiger partial charge in [-0.1, -0.05) is 56.1 Å². The Morgan fingerprint density at radius 3 is 2.23 bits per heavy atom. The third kappa shape index (κ3) is 7.62. The van der Waals surface area contributed by atoms with Crippen LogP contribution in [0.25, 0.3) is 0 Å². The first-order valence-electron chi connectivity index (χ1n) is 12.3. The molecule has 1 amide bonds. The number of carbonyl (C=O) groups excluding carboxylic acids is 1. The Balaban J connectivity index is 1.75. The summed E-state index contributed by atoms with van der Waals surface area (Å²) in [4.78, 5) is 18.5. The third-order valence-corrected chi connectivity index (χ3v) is 7.14. The smallest absolute Gasteiger partial charge is 0.402 e. The summed E-state index contributed by atoms with van der Waals surface area (Å²) in [6.07, 6.45) is -4.94. The summed E-state index contributed by atoms with van der Waals surface area (Å²) in [5.41, 5.74) is 4.48. The van der Waals surface area contributed by atoms with E-state index >= 15 is 0 Å². The van der Waals surface area contributed by atoms with Crippen LogP contribution in [-0.4, -0.2) is 48.4 Å². The molecule has 0 aromatic heterocycles. The fourth-order valence-corrected chi connectivity index (χ4v) is 4.69. The number of hydrazine groups is 1. The van der Waals surface area contributed by atoms with E-state index in [1.54, 1.807) is 48.5 Å². The minimum atomic E-state index is -4.53. The highest BCUT2D eigenvalue weighted by Crippen LogP contribution is 2.43. The Labute approximate surface area is 246 Å². The zero-order chi connectivity index (χ0) is 28.8. The molecule has 1 aliphatic heterocycles. The van der Waals surface area contributed by atoms with E-state index in [1.807, 2.05) is 29.7 Å². The lowest BCUT2D eigenvalue weighted by Crippen LogP contribution is -2.55. The number of ether oxygens (including phenoxy) is 2. The molecule has 212 valence electrons. The van der Waals surface area contributed by atoms with Crippen molar-refractivity contribution in [2.45, 2.75) is 30.7 Å². The van der Waals surface area contributed by atoms with Crippen LogP contribution >= 0.6 is 31.9 Å². The predicted molar refractivity (Wildman–Crippen MR) is 151 cm³/mol. The van der Waals surface area contributed by atoms with Crippen molar-refractivity contribution in [3.63, 3.8) is 0 Å². The maximum absolute atomic E-state index is 13.8. The predicted octanol–water partition coefficient (Wildman–Crippen LogP) is 5.66. The van der Waals surface area contributed by atoms with E-state index < -0.39 is 30.3 Å². The molecule has 0 aliphatic carbocycles. The summed E-state index contributed by atoms with van der Waals surface area (Å²) >= 11 is 6.81. The molecular formula is C28H26Br2F3N3O4. The highest BCUT2D eigenvalue weighted by atomic mass is 79.9. The average molecular weight is 685 g/mol. The van der Waals surface area contributed by atoms with Gasteiger partial charge in [0.25, 0.3) is 5.91 Å². The number of alkyl halides is 3. The zero-order valence-electron chi connectivity index (χ0n) is 21.1. The number of halogens is 5. The summed E-state index contributed by atoms with van der Waals surface area (Å²) < 4.78 is 52.1. The molecule has 0 fully saturated rings. The molecule has 0 saturated heterocycles. The maximum atomic E-state index is 13.8. The van der Waals surface area contributed by atoms with Crippen molar-refractivity contribution < 1.29 is 32.5 Å². The molecule has 3 N–H and O–H groups in total. The first-order valence-corrected chi connectivity index (χ1v) is 13.9. The lowest BCUT2D eigenvalue weighted by molar-refractivity contribution is -0.136. The average Bonchev–Trinajstić information content (AvgIpc) is 3.30. The van der Waals surface area contributed by atoms with Crippen LogP contribution in [0.4, 0.5) is 13.2 Å². The largest absolute Gasteiger partial charge is 0.494 e. The van der Waals surface area contributed by atoms with Gasteiger partial charge >= 0.3 is 6.18 Å². The first-order chi connectivity index (χ1) is 19.1. The van der Waals surface area contributed by atoms with Gasteiger partial charge in [0.15, 0.2) is 11.6 Å². The van der Waals surface area contributed by atoms with Crippen molar-refractivity contribution in [2.75, 3.05) is 19.8 Å². The number of benzene rings is 3. The van der Waals surface area contributed by atoms with Crippen molar-refractivity contribution in [2.24, 2.45) is 4.99 Å². The molecule has 2 atom stereocenters. The van der Waals surface area contributed by atoms with Crippen LogP contribution < -0.4 is 15.6 Å². The molecule has 4 rings (SSSR count). The lowest BCUT2D eigenvalue weighted by atomic mass is 9.82. The molecule has 0 bridgehead atoms. The lowest BCUT2D eigenvalue weighted by Gasteiger charge is -2.31. The van der Waals surface area contributed by atoms with Crippen LogP contribution in [0.1, 0.15) is 29.2 Å². The highest BCUT2D eigenvalue weighted by Gasteiger charge is 2.53. The van der Waals surface area contributed by atoms with Crippen LogP contribution in [0, 0.1) is 0 Å². The molecule has 40 heavy (non-hydrogen) atoms. The second-order valence-corrected chi connectivity index (χ2v) is 10.9. The normalized spacial score (nSPS) is 18.6. The van der Waals surface area contributed by atoms with E-state index in [9.17, 15) is 18.0 Å². The third-order valence-electron chi connectivity index (χ3n) is 6.08. The topological polar surface area (TPSA) is 92.2 Å². The van der Waals surface area contributed by atoms with Gasteiger partial charge in [0.2, 0.25) is 5.90 Å². The van der Waals surface area contributed by atoms with Crippen LogP contribution in [0.15, 0.2) is 86.7 Å². The van der Waals surface area contributed by atoms with E-state index in [0.29, 0.717) is 29.9 Å². The molecule has 0 radical (unpaired) electrons. The maximum Gasteiger partial charge on any atom is 0.402 e. The molecule has 1 aliphatic rings. The van der Waals surface area contributed by atoms with Gasteiger partial charge in [0.05, 0.1) is 6.61 Å². The van der Waals surface area contributed by atoms with E-state index in [4.69, 9.17) is 19.6 Å². The molecule has 1 heterocycles. The van der Waals surface area contributed by atoms with Crippen LogP contribution in [-0.2, 0) is 16.0 Å². The fourth-order valence-electron chi connectivity index (χ4n) is 4.17. The zero-order valence-corrected chi connectivity index (χ0v) is 24.2. The van der Waals surface area contributed by atoms with Crippen molar-refractivity contribution in [3.05, 3.63) is 98.4 Å². The summed E-state index contributed by atoms with van der Waals surface area (Å²) in [6, 6.07) is 21.3. The minimum Gasteiger partial charge on any atom is -0.494 e. The van der Waals surface area contributed by atoms with Gasteiger partial charge in [-0.05, 0) is 59.7 Å². The number of hydrogen-bond donors (Lipinski definition) is 3. The number of nitrogens with zero attached hydrogens (tertiary/aromatic N) is 1. The van der Waals surface area contributed by atoms with Crippen LogP contribution in [0.2, 0.25) is 0 Å². The Morgan fingerprint density at radius 2 is 1.62 bits per heavy atom. The van der Waals surface area contributed by atoms with Gasteiger partial charge in [0, 0.05) is 34.0 Å². The second-order valence-electron chi connectivity index (χ2n) is 9.07. The number of carbonyl (C=O) groups is 1. The van der Waals surface area contributed by atoms with Gasteiger partial charge in [-0.25, -0.2) is 10.4 Å². The standard InChI is InChI=1S/C28H26Br2F3N3O4/c29-21-8-2-18(3-9-21)16-27(26(38)36-34-17-28(31,32)33)24(19-4-10-22(30)11-5-19)40-25(35-27)20-6-12-23(13-7-20)39-15-1-14-37/h2-13,24,34,37H,1,14-17H2,(H,36,38)/t24-,27-/m0/s1. The monoisotopic (exact) mass is 683 g/mol. The van der Waals surface area contributed by atoms with Gasteiger partial charge in [-0.15, -0.1) is 0 Å². The van der Waals surface area contributed by atoms with Gasteiger partial charge in [-0.3, -0.25) is 10.2 Å². The minimum absolute atomic E-state index is 0.0144. The summed E-state index contributed by atoms with van der Waals surface area (Å²) in [5, 5.41) is 8.96. The molecule has 0 saturated carbocycles. The van der Waals surface area contributed by atoms with E-state index in [-0.39, 0.29) is 18.9 Å². The summed E-state index contributed by atoms with van der Waals surface area (Å²) in [5.74, 6) is -0.0278. The van der Waals surface area contributed by atoms with Crippen molar-refractivity contribution >= 4 is 43.7 Å². The first kappa shape index (κ1) is 30.0. The summed E-state index contributed by atoms with van der Waals surface area (Å²) in [6.45, 7) is -1.05. The summed E-state index contributed by atoms with van der Waals surface area (Å²) in [7, 11) is 0. The Kier molecular flexibility index (Phi) is 9.88. The quantitative estimate of drug-likeness (QED) is 0.179. The SMILES string of the molecule is O=C(NNCC(F)(F)F)[C@@]1(Cc2ccc(Br)cc2)N=C(c2ccc(OCCCO)cc2)O[C@H]1c1ccc(Br)cc1. The second kappa shape index (κ2) is 13.2. The van der Waals surface area contributed by atoms with Crippen molar-refractivity contribution in [1.82, 2.24) is 10.9 Å². The molecule has 0 unspecified atom stereocenters. The molecular weight excluding hydrogens is 659 g/mol. The van der Waals surface area contributed by atoms with Gasteiger partial charge in [0.1, 0.15) is 12.3 Å². The Morgan fingerprint density at radius 1 is 1.00 bits per heavy atom. The van der Waals surface area contributed by atoms with E-state index in [0.717, 1.165) is 14.5 Å². The molecule has 0 spiro atoms. The van der Waals surface area contributed by atoms with E-state index in [2.05, 4.69) is 37.3 Å². The van der Waals surface area contributed by atoms with Gasteiger partial charge < -0.3 is 14.6 Å². The number of aliphatic imine (C=N–C) groups is 1. The Bertz CT molecular complexity index is 1320. The van der Waals surface area contributed by atoms with Crippen LogP contribution in [0.5, 0.6) is 5.75 Å². The van der Waals surface area contributed by atoms with Gasteiger partial charge in [-0.2, -0.15) is 13.2 Å². The number of amides is 1. The number of aliphatic hydroxyl groups excluding tert-OH is 1. The van der Waals surface area contributed by atoms with Crippen molar-refractivity contribution in [3.8, 4) is 5.75 Å². The molecule has 3 aromatic carbocycles. The fraction of sp³-hybridized carbons (Fsp3) is 0.286. The Hall–Kier alpha value is -2.93. The van der Waals surface area contributed by atoms with Crippen molar-refractivity contribution in [1.29, 1.82) is 0 Å². The number of rotatable bonds is 11. The molecule has 12 heteroatoms. The van der Waals surface area contributed by atoms with Crippen LogP contribution in [0.3, 0.4) is 0 Å².